The van der Waals surface area contributed by atoms with Gasteiger partial charge in [-0.15, -0.1) is 0 Å². The number of nitrogens with zero attached hydrogens (tertiary/aromatic N) is 1. The molecule has 0 aromatic heterocycles. The molecule has 2 aliphatic rings. The second kappa shape index (κ2) is 7.33. The molecule has 154 valence electrons. The average molecular weight is 413 g/mol. The zero-order chi connectivity index (χ0) is 21.6. The topological polar surface area (TPSA) is 95.6 Å². The molecule has 1 saturated heterocycles. The predicted molar refractivity (Wildman–Crippen MR) is 102 cm³/mol. The van der Waals surface area contributed by atoms with Gasteiger partial charge in [0.1, 0.15) is 6.04 Å². The van der Waals surface area contributed by atoms with E-state index in [-0.39, 0.29) is 24.0 Å². The number of carbonyl (C=O) groups excluding carboxylic acids is 4. The SMILES string of the molecule is C[C@H](Nc1cccc2c1C(=O)N(C1CCC(=O)NC1=O)C2=O)c1ccc(F)c(F)c1. The van der Waals surface area contributed by atoms with Crippen LogP contribution in [-0.2, 0) is 9.59 Å². The van der Waals surface area contributed by atoms with E-state index in [2.05, 4.69) is 10.6 Å². The molecular formula is C21H17F2N3O4. The lowest BCUT2D eigenvalue weighted by Crippen LogP contribution is -2.54. The summed E-state index contributed by atoms with van der Waals surface area (Å²) in [7, 11) is 0. The molecule has 2 aromatic carbocycles. The zero-order valence-corrected chi connectivity index (χ0v) is 15.9. The molecule has 4 rings (SSSR count). The summed E-state index contributed by atoms with van der Waals surface area (Å²) in [6.07, 6.45) is 0.0895. The lowest BCUT2D eigenvalue weighted by molar-refractivity contribution is -0.136. The largest absolute Gasteiger partial charge is 0.378 e. The van der Waals surface area contributed by atoms with Crippen molar-refractivity contribution in [3.05, 3.63) is 64.7 Å². The summed E-state index contributed by atoms with van der Waals surface area (Å²) in [6, 6.07) is 6.57. The van der Waals surface area contributed by atoms with Gasteiger partial charge in [0.2, 0.25) is 11.8 Å². The lowest BCUT2D eigenvalue weighted by Gasteiger charge is -2.28. The number of benzene rings is 2. The number of halogens is 2. The van der Waals surface area contributed by atoms with E-state index in [0.29, 0.717) is 11.3 Å². The third-order valence-corrected chi connectivity index (χ3v) is 5.28. The van der Waals surface area contributed by atoms with Gasteiger partial charge in [0.15, 0.2) is 11.6 Å². The van der Waals surface area contributed by atoms with Gasteiger partial charge in [0.05, 0.1) is 11.1 Å². The molecule has 0 radical (unpaired) electrons. The molecule has 9 heteroatoms. The first kappa shape index (κ1) is 19.7. The summed E-state index contributed by atoms with van der Waals surface area (Å²) in [6.45, 7) is 1.70. The summed E-state index contributed by atoms with van der Waals surface area (Å²) in [5.41, 5.74) is 1.01. The number of anilines is 1. The maximum absolute atomic E-state index is 13.6. The van der Waals surface area contributed by atoms with Crippen LogP contribution in [0, 0.1) is 11.6 Å². The van der Waals surface area contributed by atoms with Crippen LogP contribution in [0.25, 0.3) is 0 Å². The Kier molecular flexibility index (Phi) is 4.81. The summed E-state index contributed by atoms with van der Waals surface area (Å²) < 4.78 is 26.8. The third-order valence-electron chi connectivity index (χ3n) is 5.28. The molecule has 30 heavy (non-hydrogen) atoms. The van der Waals surface area contributed by atoms with Gasteiger partial charge in [0, 0.05) is 18.2 Å². The maximum atomic E-state index is 13.6. The molecule has 1 unspecified atom stereocenters. The Morgan fingerprint density at radius 1 is 1.07 bits per heavy atom. The van der Waals surface area contributed by atoms with Gasteiger partial charge in [-0.2, -0.15) is 0 Å². The van der Waals surface area contributed by atoms with E-state index in [1.165, 1.54) is 12.1 Å². The molecule has 2 heterocycles. The van der Waals surface area contributed by atoms with Gasteiger partial charge < -0.3 is 5.32 Å². The van der Waals surface area contributed by atoms with Crippen LogP contribution in [0.1, 0.15) is 52.1 Å². The van der Waals surface area contributed by atoms with Gasteiger partial charge in [-0.25, -0.2) is 8.78 Å². The first-order chi connectivity index (χ1) is 14.3. The molecule has 2 aromatic rings. The number of amides is 4. The van der Waals surface area contributed by atoms with E-state index in [0.717, 1.165) is 17.0 Å². The first-order valence-electron chi connectivity index (χ1n) is 9.34. The van der Waals surface area contributed by atoms with Gasteiger partial charge in [-0.3, -0.25) is 29.4 Å². The van der Waals surface area contributed by atoms with Gasteiger partial charge >= 0.3 is 0 Å². The van der Waals surface area contributed by atoms with Crippen LogP contribution in [0.2, 0.25) is 0 Å². The van der Waals surface area contributed by atoms with Crippen molar-refractivity contribution >= 4 is 29.3 Å². The Hall–Kier alpha value is -3.62. The fourth-order valence-corrected chi connectivity index (χ4v) is 3.73. The number of rotatable bonds is 4. The van der Waals surface area contributed by atoms with Crippen molar-refractivity contribution in [2.24, 2.45) is 0 Å². The smallest absolute Gasteiger partial charge is 0.264 e. The fourth-order valence-electron chi connectivity index (χ4n) is 3.73. The number of fused-ring (bicyclic) bond motifs is 1. The van der Waals surface area contributed by atoms with Crippen molar-refractivity contribution < 1.29 is 28.0 Å². The Morgan fingerprint density at radius 2 is 1.83 bits per heavy atom. The highest BCUT2D eigenvalue weighted by Crippen LogP contribution is 2.34. The summed E-state index contributed by atoms with van der Waals surface area (Å²) in [5, 5.41) is 5.20. The van der Waals surface area contributed by atoms with E-state index in [9.17, 15) is 28.0 Å². The minimum Gasteiger partial charge on any atom is -0.378 e. The summed E-state index contributed by atoms with van der Waals surface area (Å²) in [4.78, 5) is 50.4. The fraction of sp³-hybridized carbons (Fsp3) is 0.238. The van der Waals surface area contributed by atoms with Gasteiger partial charge in [-0.05, 0) is 43.2 Å². The Morgan fingerprint density at radius 3 is 2.53 bits per heavy atom. The van der Waals surface area contributed by atoms with Crippen LogP contribution in [0.4, 0.5) is 14.5 Å². The molecular weight excluding hydrogens is 396 g/mol. The minimum absolute atomic E-state index is 0.0298. The van der Waals surface area contributed by atoms with Crippen molar-refractivity contribution in [2.75, 3.05) is 5.32 Å². The molecule has 2 aliphatic heterocycles. The average Bonchev–Trinajstić information content (AvgIpc) is 2.96. The molecule has 0 aliphatic carbocycles. The zero-order valence-electron chi connectivity index (χ0n) is 15.9. The van der Waals surface area contributed by atoms with Crippen molar-refractivity contribution in [3.8, 4) is 0 Å². The molecule has 1 fully saturated rings. The van der Waals surface area contributed by atoms with Crippen LogP contribution in [-0.4, -0.2) is 34.6 Å². The van der Waals surface area contributed by atoms with Crippen molar-refractivity contribution in [3.63, 3.8) is 0 Å². The number of nitrogens with one attached hydrogen (secondary N) is 2. The Balaban J connectivity index is 1.64. The second-order valence-corrected chi connectivity index (χ2v) is 7.21. The first-order valence-corrected chi connectivity index (χ1v) is 9.34. The summed E-state index contributed by atoms with van der Waals surface area (Å²) >= 11 is 0. The van der Waals surface area contributed by atoms with Crippen LogP contribution < -0.4 is 10.6 Å². The normalized spacial score (nSPS) is 19.6. The lowest BCUT2D eigenvalue weighted by atomic mass is 10.0. The second-order valence-electron chi connectivity index (χ2n) is 7.21. The Bertz CT molecular complexity index is 1100. The number of imide groups is 2. The standard InChI is InChI=1S/C21H17F2N3O4/c1-10(11-5-6-13(22)14(23)9-11)24-15-4-2-3-12-18(15)21(30)26(20(12)29)16-7-8-17(27)25-19(16)28/h2-6,9-10,16,24H,7-8H2,1H3,(H,25,27,28)/t10-,16?/m0/s1. The number of carbonyl (C=O) groups is 4. The highest BCUT2D eigenvalue weighted by Gasteiger charge is 2.45. The Labute approximate surface area is 170 Å². The van der Waals surface area contributed by atoms with E-state index in [1.54, 1.807) is 19.1 Å². The molecule has 0 saturated carbocycles. The quantitative estimate of drug-likeness (QED) is 0.751. The molecule has 4 amide bonds. The number of piperidine rings is 1. The maximum Gasteiger partial charge on any atom is 0.264 e. The van der Waals surface area contributed by atoms with E-state index in [1.807, 2.05) is 0 Å². The highest BCUT2D eigenvalue weighted by molar-refractivity contribution is 6.25. The van der Waals surface area contributed by atoms with E-state index < -0.39 is 47.3 Å². The number of hydrogen-bond donors (Lipinski definition) is 2. The van der Waals surface area contributed by atoms with Crippen LogP contribution in [0.5, 0.6) is 0 Å². The monoisotopic (exact) mass is 413 g/mol. The molecule has 2 N–H and O–H groups in total. The molecule has 0 bridgehead atoms. The van der Waals surface area contributed by atoms with Crippen LogP contribution in [0.15, 0.2) is 36.4 Å². The van der Waals surface area contributed by atoms with Crippen molar-refractivity contribution in [1.82, 2.24) is 10.2 Å². The highest BCUT2D eigenvalue weighted by atomic mass is 19.2. The number of hydrogen-bond acceptors (Lipinski definition) is 5. The van der Waals surface area contributed by atoms with Crippen LogP contribution in [0.3, 0.4) is 0 Å². The molecule has 0 spiro atoms. The van der Waals surface area contributed by atoms with Crippen LogP contribution >= 0.6 is 0 Å². The van der Waals surface area contributed by atoms with E-state index >= 15 is 0 Å². The third kappa shape index (κ3) is 3.22. The minimum atomic E-state index is -1.06. The van der Waals surface area contributed by atoms with Gasteiger partial charge in [0.25, 0.3) is 11.8 Å². The molecule has 2 atom stereocenters. The molecule has 7 nitrogen and oxygen atoms in total. The predicted octanol–water partition coefficient (Wildman–Crippen LogP) is 2.54. The summed E-state index contributed by atoms with van der Waals surface area (Å²) in [5.74, 6) is -4.36. The van der Waals surface area contributed by atoms with E-state index in [4.69, 9.17) is 0 Å². The van der Waals surface area contributed by atoms with Crippen molar-refractivity contribution in [2.45, 2.75) is 31.8 Å². The van der Waals surface area contributed by atoms with Gasteiger partial charge in [-0.1, -0.05) is 12.1 Å². The van der Waals surface area contributed by atoms with Crippen molar-refractivity contribution in [1.29, 1.82) is 0 Å².